The predicted octanol–water partition coefficient (Wildman–Crippen LogP) is 2.79. The molecule has 0 aromatic heterocycles. The molecule has 2 rings (SSSR count). The Balaban J connectivity index is 2.52. The predicted molar refractivity (Wildman–Crippen MR) is 54.0 cm³/mol. The molecule has 64 valence electrons. The molecule has 0 spiro atoms. The maximum absolute atomic E-state index is 5.99. The van der Waals surface area contributed by atoms with Gasteiger partial charge in [-0.15, -0.1) is 0 Å². The second-order valence-corrected chi connectivity index (χ2v) is 4.16. The van der Waals surface area contributed by atoms with Gasteiger partial charge in [-0.3, -0.25) is 0 Å². The monoisotopic (exact) mass is 225 g/mol. The fourth-order valence-electron chi connectivity index (χ4n) is 1.84. The molecule has 0 fully saturated rings. The molecule has 0 heterocycles. The number of hydrogen-bond donors (Lipinski definition) is 1. The van der Waals surface area contributed by atoms with Crippen molar-refractivity contribution in [1.82, 2.24) is 0 Å². The van der Waals surface area contributed by atoms with Crippen molar-refractivity contribution < 1.29 is 0 Å². The van der Waals surface area contributed by atoms with Crippen LogP contribution in [0.15, 0.2) is 22.7 Å². The second-order valence-electron chi connectivity index (χ2n) is 3.31. The molecule has 0 saturated carbocycles. The van der Waals surface area contributed by atoms with Crippen LogP contribution in [-0.4, -0.2) is 0 Å². The Hall–Kier alpha value is -0.340. The summed E-state index contributed by atoms with van der Waals surface area (Å²) in [6.45, 7) is 0. The van der Waals surface area contributed by atoms with Gasteiger partial charge in [0.15, 0.2) is 0 Å². The third kappa shape index (κ3) is 1.29. The standard InChI is InChI=1S/C10H12BrN/c11-9-5-1-4-8-7(9)3-2-6-10(8)12/h1,4-5,10H,2-3,6,12H2/t10-/m0/s1. The molecule has 12 heavy (non-hydrogen) atoms. The zero-order valence-electron chi connectivity index (χ0n) is 6.89. The molecule has 0 amide bonds. The lowest BCUT2D eigenvalue weighted by Gasteiger charge is -2.22. The Kier molecular flexibility index (Phi) is 2.20. The van der Waals surface area contributed by atoms with E-state index in [9.17, 15) is 0 Å². The van der Waals surface area contributed by atoms with E-state index < -0.39 is 0 Å². The molecule has 1 aliphatic carbocycles. The lowest BCUT2D eigenvalue weighted by molar-refractivity contribution is 0.569. The maximum atomic E-state index is 5.99. The molecule has 1 nitrogen and oxygen atoms in total. The molecule has 1 aromatic rings. The summed E-state index contributed by atoms with van der Waals surface area (Å²) in [7, 11) is 0. The third-order valence-electron chi connectivity index (χ3n) is 2.50. The molecule has 1 aliphatic rings. The summed E-state index contributed by atoms with van der Waals surface area (Å²) in [6, 6.07) is 6.56. The smallest absolute Gasteiger partial charge is 0.0298 e. The highest BCUT2D eigenvalue weighted by Gasteiger charge is 2.17. The van der Waals surface area contributed by atoms with Crippen LogP contribution in [-0.2, 0) is 6.42 Å². The van der Waals surface area contributed by atoms with Gasteiger partial charge in [-0.05, 0) is 36.5 Å². The number of halogens is 1. The Morgan fingerprint density at radius 2 is 2.25 bits per heavy atom. The van der Waals surface area contributed by atoms with E-state index in [-0.39, 0.29) is 6.04 Å². The van der Waals surface area contributed by atoms with Crippen LogP contribution in [0.2, 0.25) is 0 Å². The van der Waals surface area contributed by atoms with Crippen molar-refractivity contribution in [3.8, 4) is 0 Å². The van der Waals surface area contributed by atoms with E-state index in [1.807, 2.05) is 0 Å². The summed E-state index contributed by atoms with van der Waals surface area (Å²) in [5.41, 5.74) is 8.74. The number of nitrogens with two attached hydrogens (primary N) is 1. The van der Waals surface area contributed by atoms with E-state index in [2.05, 4.69) is 34.1 Å². The van der Waals surface area contributed by atoms with Crippen LogP contribution in [0.25, 0.3) is 0 Å². The van der Waals surface area contributed by atoms with Crippen molar-refractivity contribution in [2.75, 3.05) is 0 Å². The summed E-state index contributed by atoms with van der Waals surface area (Å²) >= 11 is 3.55. The van der Waals surface area contributed by atoms with Gasteiger partial charge in [0.05, 0.1) is 0 Å². The normalized spacial score (nSPS) is 22.0. The molecular formula is C10H12BrN. The molecule has 0 unspecified atom stereocenters. The fraction of sp³-hybridized carbons (Fsp3) is 0.400. The van der Waals surface area contributed by atoms with Crippen LogP contribution in [0.1, 0.15) is 30.0 Å². The molecule has 1 aromatic carbocycles. The second kappa shape index (κ2) is 3.19. The number of fused-ring (bicyclic) bond motifs is 1. The van der Waals surface area contributed by atoms with Crippen LogP contribution in [0.3, 0.4) is 0 Å². The number of benzene rings is 1. The summed E-state index contributed by atoms with van der Waals surface area (Å²) in [4.78, 5) is 0. The van der Waals surface area contributed by atoms with Crippen molar-refractivity contribution in [3.05, 3.63) is 33.8 Å². The molecule has 0 saturated heterocycles. The Labute approximate surface area is 81.1 Å². The van der Waals surface area contributed by atoms with Gasteiger partial charge < -0.3 is 5.73 Å². The van der Waals surface area contributed by atoms with Crippen LogP contribution >= 0.6 is 15.9 Å². The lowest BCUT2D eigenvalue weighted by Crippen LogP contribution is -2.17. The summed E-state index contributed by atoms with van der Waals surface area (Å²) in [5.74, 6) is 0. The average molecular weight is 226 g/mol. The first-order valence-electron chi connectivity index (χ1n) is 4.32. The van der Waals surface area contributed by atoms with Crippen molar-refractivity contribution in [2.45, 2.75) is 25.3 Å². The van der Waals surface area contributed by atoms with Gasteiger partial charge in [0.2, 0.25) is 0 Å². The van der Waals surface area contributed by atoms with Crippen LogP contribution in [0.4, 0.5) is 0 Å². The number of rotatable bonds is 0. The van der Waals surface area contributed by atoms with Crippen molar-refractivity contribution >= 4 is 15.9 Å². The zero-order chi connectivity index (χ0) is 8.55. The van der Waals surface area contributed by atoms with Gasteiger partial charge in [-0.2, -0.15) is 0 Å². The lowest BCUT2D eigenvalue weighted by atomic mass is 9.88. The maximum Gasteiger partial charge on any atom is 0.0298 e. The summed E-state index contributed by atoms with van der Waals surface area (Å²) in [6.07, 6.45) is 3.52. The highest BCUT2D eigenvalue weighted by Crippen LogP contribution is 2.32. The first kappa shape index (κ1) is 8.27. The zero-order valence-corrected chi connectivity index (χ0v) is 8.47. The van der Waals surface area contributed by atoms with Crippen LogP contribution in [0, 0.1) is 0 Å². The molecule has 1 atom stereocenters. The van der Waals surface area contributed by atoms with E-state index in [0.29, 0.717) is 0 Å². The first-order chi connectivity index (χ1) is 5.79. The largest absolute Gasteiger partial charge is 0.324 e. The minimum absolute atomic E-state index is 0.256. The first-order valence-corrected chi connectivity index (χ1v) is 5.11. The van der Waals surface area contributed by atoms with Gasteiger partial charge in [0, 0.05) is 10.5 Å². The summed E-state index contributed by atoms with van der Waals surface area (Å²) < 4.78 is 1.22. The quantitative estimate of drug-likeness (QED) is 0.723. The SMILES string of the molecule is N[C@H]1CCCc2c(Br)cccc21. The van der Waals surface area contributed by atoms with Crippen molar-refractivity contribution in [2.24, 2.45) is 5.73 Å². The van der Waals surface area contributed by atoms with Crippen LogP contribution in [0.5, 0.6) is 0 Å². The fourth-order valence-corrected chi connectivity index (χ4v) is 2.42. The van der Waals surface area contributed by atoms with Gasteiger partial charge in [0.25, 0.3) is 0 Å². The van der Waals surface area contributed by atoms with Gasteiger partial charge in [-0.25, -0.2) is 0 Å². The Morgan fingerprint density at radius 1 is 1.42 bits per heavy atom. The number of hydrogen-bond acceptors (Lipinski definition) is 1. The van der Waals surface area contributed by atoms with E-state index in [4.69, 9.17) is 5.73 Å². The topological polar surface area (TPSA) is 26.0 Å². The summed E-state index contributed by atoms with van der Waals surface area (Å²) in [5, 5.41) is 0. The van der Waals surface area contributed by atoms with Gasteiger partial charge >= 0.3 is 0 Å². The molecular weight excluding hydrogens is 214 g/mol. The Bertz CT molecular complexity index is 296. The van der Waals surface area contributed by atoms with E-state index in [1.54, 1.807) is 0 Å². The Morgan fingerprint density at radius 3 is 3.00 bits per heavy atom. The van der Waals surface area contributed by atoms with Crippen LogP contribution < -0.4 is 5.73 Å². The molecule has 2 heteroatoms. The average Bonchev–Trinajstić information content (AvgIpc) is 2.07. The third-order valence-corrected chi connectivity index (χ3v) is 3.24. The minimum atomic E-state index is 0.256. The van der Waals surface area contributed by atoms with Crippen molar-refractivity contribution in [1.29, 1.82) is 0 Å². The van der Waals surface area contributed by atoms with E-state index in [1.165, 1.54) is 28.4 Å². The van der Waals surface area contributed by atoms with E-state index >= 15 is 0 Å². The highest BCUT2D eigenvalue weighted by molar-refractivity contribution is 9.10. The molecule has 0 bridgehead atoms. The van der Waals surface area contributed by atoms with Gasteiger partial charge in [-0.1, -0.05) is 28.1 Å². The highest BCUT2D eigenvalue weighted by atomic mass is 79.9. The van der Waals surface area contributed by atoms with Crippen molar-refractivity contribution in [3.63, 3.8) is 0 Å². The van der Waals surface area contributed by atoms with Gasteiger partial charge in [0.1, 0.15) is 0 Å². The van der Waals surface area contributed by atoms with E-state index in [0.717, 1.165) is 6.42 Å². The molecule has 0 aliphatic heterocycles. The molecule has 2 N–H and O–H groups in total. The molecule has 0 radical (unpaired) electrons. The minimum Gasteiger partial charge on any atom is -0.324 e.